The van der Waals surface area contributed by atoms with Crippen LogP contribution in [0.25, 0.3) is 0 Å². The molecule has 0 spiro atoms. The first kappa shape index (κ1) is 12.9. The summed E-state index contributed by atoms with van der Waals surface area (Å²) in [6, 6.07) is 0. The van der Waals surface area contributed by atoms with Gasteiger partial charge >= 0.3 is 0 Å². The molecule has 0 aliphatic rings. The maximum Gasteiger partial charge on any atom is 0.224 e. The predicted octanol–water partition coefficient (Wildman–Crippen LogP) is -0.776. The first-order chi connectivity index (χ1) is 6.57. The first-order valence-corrected chi connectivity index (χ1v) is 4.78. The van der Waals surface area contributed by atoms with E-state index in [1.54, 1.807) is 7.05 Å². The quantitative estimate of drug-likeness (QED) is 0.473. The van der Waals surface area contributed by atoms with E-state index in [0.717, 1.165) is 0 Å². The zero-order valence-electron chi connectivity index (χ0n) is 8.80. The molecule has 0 radical (unpaired) electrons. The van der Waals surface area contributed by atoms with Crippen molar-refractivity contribution in [3.8, 4) is 0 Å². The molecule has 0 aromatic rings. The molecule has 0 aliphatic heterocycles. The second kappa shape index (κ2) is 7.32. The summed E-state index contributed by atoms with van der Waals surface area (Å²) in [6.45, 7) is 3.01. The standard InChI is InChI=1S/C9H19N3O2/c1-7(6-11-2)9(14)12-5-3-4-8(10)13/h7,11H,3-6H2,1-2H3,(H2,10,13)(H,12,14). The number of carbonyl (C=O) groups is 2. The van der Waals surface area contributed by atoms with Crippen LogP contribution in [-0.4, -0.2) is 32.0 Å². The van der Waals surface area contributed by atoms with Gasteiger partial charge in [0, 0.05) is 25.4 Å². The third kappa shape index (κ3) is 6.42. The summed E-state index contributed by atoms with van der Waals surface area (Å²) in [4.78, 5) is 21.7. The van der Waals surface area contributed by atoms with Crippen molar-refractivity contribution in [2.24, 2.45) is 11.7 Å². The topological polar surface area (TPSA) is 84.2 Å². The molecular weight excluding hydrogens is 182 g/mol. The summed E-state index contributed by atoms with van der Waals surface area (Å²) in [5.74, 6) is -0.375. The maximum atomic E-state index is 11.3. The largest absolute Gasteiger partial charge is 0.370 e. The molecule has 5 heteroatoms. The van der Waals surface area contributed by atoms with E-state index >= 15 is 0 Å². The van der Waals surface area contributed by atoms with E-state index in [4.69, 9.17) is 5.73 Å². The van der Waals surface area contributed by atoms with Gasteiger partial charge < -0.3 is 16.4 Å². The molecule has 5 nitrogen and oxygen atoms in total. The maximum absolute atomic E-state index is 11.3. The smallest absolute Gasteiger partial charge is 0.224 e. The fourth-order valence-electron chi connectivity index (χ4n) is 1.05. The van der Waals surface area contributed by atoms with Gasteiger partial charge in [-0.2, -0.15) is 0 Å². The molecule has 0 rings (SSSR count). The lowest BCUT2D eigenvalue weighted by Crippen LogP contribution is -2.35. The van der Waals surface area contributed by atoms with Crippen LogP contribution in [0, 0.1) is 5.92 Å². The van der Waals surface area contributed by atoms with Gasteiger partial charge in [0.2, 0.25) is 11.8 Å². The highest BCUT2D eigenvalue weighted by atomic mass is 16.2. The van der Waals surface area contributed by atoms with Gasteiger partial charge in [-0.25, -0.2) is 0 Å². The van der Waals surface area contributed by atoms with Crippen LogP contribution in [0.15, 0.2) is 0 Å². The normalized spacial score (nSPS) is 12.1. The Balaban J connectivity index is 3.48. The fourth-order valence-corrected chi connectivity index (χ4v) is 1.05. The molecule has 0 aromatic heterocycles. The summed E-state index contributed by atoms with van der Waals surface area (Å²) >= 11 is 0. The van der Waals surface area contributed by atoms with Gasteiger partial charge in [0.15, 0.2) is 0 Å². The third-order valence-corrected chi connectivity index (χ3v) is 1.86. The third-order valence-electron chi connectivity index (χ3n) is 1.86. The molecule has 0 aliphatic carbocycles. The van der Waals surface area contributed by atoms with Gasteiger partial charge in [0.25, 0.3) is 0 Å². The van der Waals surface area contributed by atoms with Crippen molar-refractivity contribution >= 4 is 11.8 Å². The average molecular weight is 201 g/mol. The Morgan fingerprint density at radius 1 is 1.43 bits per heavy atom. The van der Waals surface area contributed by atoms with Crippen molar-refractivity contribution in [2.75, 3.05) is 20.1 Å². The van der Waals surface area contributed by atoms with Gasteiger partial charge in [0.1, 0.15) is 0 Å². The van der Waals surface area contributed by atoms with E-state index < -0.39 is 0 Å². The Hall–Kier alpha value is -1.10. The van der Waals surface area contributed by atoms with E-state index in [2.05, 4.69) is 10.6 Å². The number of primary amides is 1. The first-order valence-electron chi connectivity index (χ1n) is 4.78. The molecule has 0 saturated carbocycles. The SMILES string of the molecule is CNCC(C)C(=O)NCCCC(N)=O. The number of hydrogen-bond donors (Lipinski definition) is 3. The molecule has 0 bridgehead atoms. The van der Waals surface area contributed by atoms with Gasteiger partial charge in [-0.1, -0.05) is 6.92 Å². The Morgan fingerprint density at radius 3 is 2.57 bits per heavy atom. The minimum Gasteiger partial charge on any atom is -0.370 e. The second-order valence-electron chi connectivity index (χ2n) is 3.32. The van der Waals surface area contributed by atoms with E-state index in [1.807, 2.05) is 6.92 Å². The summed E-state index contributed by atoms with van der Waals surface area (Å²) < 4.78 is 0. The highest BCUT2D eigenvalue weighted by molar-refractivity contribution is 5.78. The number of rotatable bonds is 7. The lowest BCUT2D eigenvalue weighted by atomic mass is 10.1. The van der Waals surface area contributed by atoms with Crippen LogP contribution in [0.5, 0.6) is 0 Å². The van der Waals surface area contributed by atoms with Gasteiger partial charge in [0.05, 0.1) is 0 Å². The van der Waals surface area contributed by atoms with Gasteiger partial charge in [-0.15, -0.1) is 0 Å². The lowest BCUT2D eigenvalue weighted by molar-refractivity contribution is -0.124. The van der Waals surface area contributed by atoms with Crippen molar-refractivity contribution in [1.29, 1.82) is 0 Å². The van der Waals surface area contributed by atoms with Crippen LogP contribution in [0.3, 0.4) is 0 Å². The van der Waals surface area contributed by atoms with Crippen LogP contribution in [0.1, 0.15) is 19.8 Å². The molecule has 4 N–H and O–H groups in total. The molecule has 0 saturated heterocycles. The monoisotopic (exact) mass is 201 g/mol. The molecule has 2 amide bonds. The Morgan fingerprint density at radius 2 is 2.07 bits per heavy atom. The molecule has 82 valence electrons. The van der Waals surface area contributed by atoms with Crippen molar-refractivity contribution in [1.82, 2.24) is 10.6 Å². The fraction of sp³-hybridized carbons (Fsp3) is 0.778. The molecule has 1 atom stereocenters. The van der Waals surface area contributed by atoms with Gasteiger partial charge in [-0.3, -0.25) is 9.59 Å². The van der Waals surface area contributed by atoms with Crippen molar-refractivity contribution in [2.45, 2.75) is 19.8 Å². The highest BCUT2D eigenvalue weighted by Crippen LogP contribution is 1.92. The Labute approximate surface area is 84.4 Å². The van der Waals surface area contributed by atoms with Crippen molar-refractivity contribution in [3.05, 3.63) is 0 Å². The Kier molecular flexibility index (Phi) is 6.74. The summed E-state index contributed by atoms with van der Waals surface area (Å²) in [7, 11) is 1.80. The number of carbonyl (C=O) groups excluding carboxylic acids is 2. The van der Waals surface area contributed by atoms with Gasteiger partial charge in [-0.05, 0) is 13.5 Å². The molecule has 14 heavy (non-hydrogen) atoms. The van der Waals surface area contributed by atoms with Crippen LogP contribution >= 0.6 is 0 Å². The average Bonchev–Trinajstić information content (AvgIpc) is 2.12. The van der Waals surface area contributed by atoms with Crippen molar-refractivity contribution < 1.29 is 9.59 Å². The lowest BCUT2D eigenvalue weighted by Gasteiger charge is -2.10. The van der Waals surface area contributed by atoms with Crippen LogP contribution in [-0.2, 0) is 9.59 Å². The number of amides is 2. The number of nitrogens with two attached hydrogens (primary N) is 1. The minimum atomic E-state index is -0.331. The highest BCUT2D eigenvalue weighted by Gasteiger charge is 2.10. The zero-order valence-corrected chi connectivity index (χ0v) is 8.80. The second-order valence-corrected chi connectivity index (χ2v) is 3.32. The summed E-state index contributed by atoms with van der Waals surface area (Å²) in [6.07, 6.45) is 0.925. The Bertz CT molecular complexity index is 194. The molecular formula is C9H19N3O2. The number of hydrogen-bond acceptors (Lipinski definition) is 3. The predicted molar refractivity (Wildman–Crippen MR) is 54.5 cm³/mol. The van der Waals surface area contributed by atoms with Crippen LogP contribution in [0.2, 0.25) is 0 Å². The number of nitrogens with one attached hydrogen (secondary N) is 2. The molecule has 1 unspecified atom stereocenters. The summed E-state index contributed by atoms with van der Waals surface area (Å²) in [5.41, 5.74) is 4.96. The van der Waals surface area contributed by atoms with Crippen LogP contribution in [0.4, 0.5) is 0 Å². The minimum absolute atomic E-state index is 0.00354. The molecule has 0 aromatic carbocycles. The van der Waals surface area contributed by atoms with Crippen LogP contribution < -0.4 is 16.4 Å². The van der Waals surface area contributed by atoms with E-state index in [9.17, 15) is 9.59 Å². The zero-order chi connectivity index (χ0) is 11.0. The van der Waals surface area contributed by atoms with E-state index in [1.165, 1.54) is 0 Å². The van der Waals surface area contributed by atoms with E-state index in [-0.39, 0.29) is 17.7 Å². The van der Waals surface area contributed by atoms with Crippen molar-refractivity contribution in [3.63, 3.8) is 0 Å². The van der Waals surface area contributed by atoms with E-state index in [0.29, 0.717) is 25.9 Å². The molecule has 0 fully saturated rings. The molecule has 0 heterocycles. The summed E-state index contributed by atoms with van der Waals surface area (Å²) in [5, 5.41) is 5.66.